The highest BCUT2D eigenvalue weighted by Gasteiger charge is 2.22. The lowest BCUT2D eigenvalue weighted by molar-refractivity contribution is 0.411. The van der Waals surface area contributed by atoms with E-state index in [1.807, 2.05) is 12.1 Å². The van der Waals surface area contributed by atoms with Crippen LogP contribution in [0.4, 0.5) is 5.69 Å². The van der Waals surface area contributed by atoms with Crippen molar-refractivity contribution in [1.29, 1.82) is 0 Å². The van der Waals surface area contributed by atoms with Crippen LogP contribution in [0.2, 0.25) is 5.02 Å². The van der Waals surface area contributed by atoms with E-state index in [1.54, 1.807) is 7.11 Å². The SMILES string of the molecule is COc1c(Br)cc(Cl)cc1NC(C)C1CCCC1. The average molecular weight is 333 g/mol. The Bertz CT molecular complexity index is 419. The van der Waals surface area contributed by atoms with Gasteiger partial charge in [0, 0.05) is 11.1 Å². The van der Waals surface area contributed by atoms with Crippen molar-refractivity contribution in [3.63, 3.8) is 0 Å². The molecule has 18 heavy (non-hydrogen) atoms. The van der Waals surface area contributed by atoms with E-state index in [0.717, 1.165) is 21.8 Å². The van der Waals surface area contributed by atoms with E-state index in [1.165, 1.54) is 25.7 Å². The molecule has 1 N–H and O–H groups in total. The highest BCUT2D eigenvalue weighted by Crippen LogP contribution is 2.38. The second-order valence-corrected chi connectivity index (χ2v) is 6.24. The number of anilines is 1. The second-order valence-electron chi connectivity index (χ2n) is 4.95. The molecule has 4 heteroatoms. The van der Waals surface area contributed by atoms with E-state index in [2.05, 4.69) is 28.2 Å². The van der Waals surface area contributed by atoms with Crippen LogP contribution in [0, 0.1) is 5.92 Å². The number of methoxy groups -OCH3 is 1. The van der Waals surface area contributed by atoms with Crippen molar-refractivity contribution in [2.45, 2.75) is 38.6 Å². The predicted molar refractivity (Wildman–Crippen MR) is 80.7 cm³/mol. The molecule has 1 unspecified atom stereocenters. The number of ether oxygens (including phenoxy) is 1. The fourth-order valence-electron chi connectivity index (χ4n) is 2.70. The Morgan fingerprint density at radius 1 is 1.39 bits per heavy atom. The van der Waals surface area contributed by atoms with Gasteiger partial charge in [-0.25, -0.2) is 0 Å². The minimum Gasteiger partial charge on any atom is -0.493 e. The first-order valence-electron chi connectivity index (χ1n) is 6.41. The quantitative estimate of drug-likeness (QED) is 0.828. The maximum Gasteiger partial charge on any atom is 0.156 e. The van der Waals surface area contributed by atoms with Crippen LogP contribution in [0.3, 0.4) is 0 Å². The van der Waals surface area contributed by atoms with Gasteiger partial charge in [0.2, 0.25) is 0 Å². The molecule has 0 saturated heterocycles. The van der Waals surface area contributed by atoms with E-state index in [4.69, 9.17) is 16.3 Å². The van der Waals surface area contributed by atoms with Gasteiger partial charge in [-0.1, -0.05) is 24.4 Å². The van der Waals surface area contributed by atoms with Crippen LogP contribution in [0.25, 0.3) is 0 Å². The molecule has 100 valence electrons. The van der Waals surface area contributed by atoms with Crippen molar-refractivity contribution in [2.75, 3.05) is 12.4 Å². The molecule has 0 aromatic heterocycles. The maximum atomic E-state index is 6.10. The molecule has 1 saturated carbocycles. The van der Waals surface area contributed by atoms with Crippen molar-refractivity contribution in [1.82, 2.24) is 0 Å². The summed E-state index contributed by atoms with van der Waals surface area (Å²) >= 11 is 9.58. The van der Waals surface area contributed by atoms with Gasteiger partial charge >= 0.3 is 0 Å². The van der Waals surface area contributed by atoms with Crippen LogP contribution in [0.5, 0.6) is 5.75 Å². The molecule has 2 nitrogen and oxygen atoms in total. The molecule has 1 aromatic rings. The van der Waals surface area contributed by atoms with Crippen LogP contribution >= 0.6 is 27.5 Å². The van der Waals surface area contributed by atoms with Gasteiger partial charge in [0.1, 0.15) is 0 Å². The van der Waals surface area contributed by atoms with Crippen LogP contribution in [0.1, 0.15) is 32.6 Å². The average Bonchev–Trinajstić information content (AvgIpc) is 2.81. The van der Waals surface area contributed by atoms with Gasteiger partial charge in [0.05, 0.1) is 17.3 Å². The summed E-state index contributed by atoms with van der Waals surface area (Å²) in [5, 5.41) is 4.26. The predicted octanol–water partition coefficient (Wildman–Crippen LogP) is 5.10. The van der Waals surface area contributed by atoms with Gasteiger partial charge in [0.15, 0.2) is 5.75 Å². The number of halogens is 2. The van der Waals surface area contributed by atoms with Crippen molar-refractivity contribution in [3.05, 3.63) is 21.6 Å². The maximum absolute atomic E-state index is 6.10. The lowest BCUT2D eigenvalue weighted by Crippen LogP contribution is -2.24. The van der Waals surface area contributed by atoms with E-state index >= 15 is 0 Å². The molecule has 1 atom stereocenters. The summed E-state index contributed by atoms with van der Waals surface area (Å²) in [5.74, 6) is 1.58. The Morgan fingerprint density at radius 2 is 2.06 bits per heavy atom. The summed E-state index contributed by atoms with van der Waals surface area (Å²) in [6.45, 7) is 2.24. The number of hydrogen-bond donors (Lipinski definition) is 1. The van der Waals surface area contributed by atoms with E-state index < -0.39 is 0 Å². The Labute approximate surface area is 122 Å². The van der Waals surface area contributed by atoms with Gasteiger partial charge in [0.25, 0.3) is 0 Å². The fraction of sp³-hybridized carbons (Fsp3) is 0.571. The van der Waals surface area contributed by atoms with Gasteiger partial charge < -0.3 is 10.1 Å². The largest absolute Gasteiger partial charge is 0.493 e. The zero-order valence-corrected chi connectivity index (χ0v) is 13.1. The minimum absolute atomic E-state index is 0.451. The number of benzene rings is 1. The van der Waals surface area contributed by atoms with E-state index in [0.29, 0.717) is 11.1 Å². The van der Waals surface area contributed by atoms with E-state index in [-0.39, 0.29) is 0 Å². The van der Waals surface area contributed by atoms with Crippen molar-refractivity contribution in [2.24, 2.45) is 5.92 Å². The monoisotopic (exact) mass is 331 g/mol. The standard InChI is InChI=1S/C14H19BrClNO/c1-9(10-5-3-4-6-10)17-13-8-11(16)7-12(15)14(13)18-2/h7-10,17H,3-6H2,1-2H3. The molecule has 1 aliphatic carbocycles. The van der Waals surface area contributed by atoms with Gasteiger partial charge in [-0.15, -0.1) is 0 Å². The molecular formula is C14H19BrClNO. The normalized spacial score (nSPS) is 17.8. The highest BCUT2D eigenvalue weighted by molar-refractivity contribution is 9.10. The summed E-state index contributed by atoms with van der Waals surface area (Å²) in [5.41, 5.74) is 0.969. The first kappa shape index (κ1) is 14.0. The molecule has 1 aromatic carbocycles. The van der Waals surface area contributed by atoms with Crippen molar-refractivity contribution < 1.29 is 4.74 Å². The van der Waals surface area contributed by atoms with E-state index in [9.17, 15) is 0 Å². The molecule has 0 bridgehead atoms. The van der Waals surface area contributed by atoms with Gasteiger partial charge in [-0.2, -0.15) is 0 Å². The third kappa shape index (κ3) is 3.12. The number of hydrogen-bond acceptors (Lipinski definition) is 2. The molecule has 0 aliphatic heterocycles. The Hall–Kier alpha value is -0.410. The fourth-order valence-corrected chi connectivity index (χ4v) is 3.67. The zero-order valence-electron chi connectivity index (χ0n) is 10.8. The third-order valence-electron chi connectivity index (χ3n) is 3.70. The summed E-state index contributed by atoms with van der Waals surface area (Å²) in [4.78, 5) is 0. The van der Waals surface area contributed by atoms with Gasteiger partial charge in [-0.05, 0) is 53.7 Å². The summed E-state index contributed by atoms with van der Waals surface area (Å²) in [6, 6.07) is 4.23. The molecular weight excluding hydrogens is 314 g/mol. The number of nitrogens with one attached hydrogen (secondary N) is 1. The molecule has 1 aliphatic rings. The smallest absolute Gasteiger partial charge is 0.156 e. The van der Waals surface area contributed by atoms with Crippen molar-refractivity contribution in [3.8, 4) is 5.75 Å². The first-order valence-corrected chi connectivity index (χ1v) is 7.58. The van der Waals surface area contributed by atoms with Crippen LogP contribution in [0.15, 0.2) is 16.6 Å². The zero-order chi connectivity index (χ0) is 13.1. The first-order chi connectivity index (χ1) is 8.61. The summed E-state index contributed by atoms with van der Waals surface area (Å²) in [6.07, 6.45) is 5.34. The molecule has 0 spiro atoms. The van der Waals surface area contributed by atoms with Gasteiger partial charge in [-0.3, -0.25) is 0 Å². The Balaban J connectivity index is 2.16. The van der Waals surface area contributed by atoms with Crippen molar-refractivity contribution >= 4 is 33.2 Å². The Morgan fingerprint density at radius 3 is 2.67 bits per heavy atom. The highest BCUT2D eigenvalue weighted by atomic mass is 79.9. The second kappa shape index (κ2) is 6.16. The van der Waals surface area contributed by atoms with Crippen LogP contribution < -0.4 is 10.1 Å². The van der Waals surface area contributed by atoms with Crippen LogP contribution in [-0.2, 0) is 0 Å². The van der Waals surface area contributed by atoms with Crippen LogP contribution in [-0.4, -0.2) is 13.2 Å². The molecule has 0 radical (unpaired) electrons. The molecule has 0 amide bonds. The minimum atomic E-state index is 0.451. The summed E-state index contributed by atoms with van der Waals surface area (Å²) < 4.78 is 6.31. The molecule has 2 rings (SSSR count). The third-order valence-corrected chi connectivity index (χ3v) is 4.51. The molecule has 0 heterocycles. The topological polar surface area (TPSA) is 21.3 Å². The Kier molecular flexibility index (Phi) is 4.79. The molecule has 1 fully saturated rings. The number of rotatable bonds is 4. The lowest BCUT2D eigenvalue weighted by atomic mass is 9.99. The summed E-state index contributed by atoms with van der Waals surface area (Å²) in [7, 11) is 1.68. The lowest BCUT2D eigenvalue weighted by Gasteiger charge is -2.23.